The van der Waals surface area contributed by atoms with Crippen LogP contribution in [0.4, 0.5) is 5.69 Å². The van der Waals surface area contributed by atoms with Gasteiger partial charge in [0.1, 0.15) is 12.4 Å². The quantitative estimate of drug-likeness (QED) is 0.228. The number of imide groups is 1. The average molecular weight is 680 g/mol. The van der Waals surface area contributed by atoms with Crippen molar-refractivity contribution >= 4 is 68.1 Å². The second-order valence-electron chi connectivity index (χ2n) is 11.4. The van der Waals surface area contributed by atoms with E-state index in [-0.39, 0.29) is 57.4 Å². The summed E-state index contributed by atoms with van der Waals surface area (Å²) in [6.07, 6.45) is 0.833. The summed E-state index contributed by atoms with van der Waals surface area (Å²) in [7, 11) is 0. The topological polar surface area (TPSA) is 79.5 Å². The lowest BCUT2D eigenvalue weighted by Gasteiger charge is -2.43. The Balaban J connectivity index is 1.21. The molecule has 0 spiro atoms. The number of hydrogen-bond donors (Lipinski definition) is 1. The number of H-pyrrole nitrogens is 1. The van der Waals surface area contributed by atoms with E-state index in [1.807, 2.05) is 66.7 Å². The van der Waals surface area contributed by atoms with E-state index in [1.54, 1.807) is 11.8 Å². The number of ether oxygens (including phenoxy) is 1. The van der Waals surface area contributed by atoms with Crippen LogP contribution in [0.5, 0.6) is 5.75 Å². The summed E-state index contributed by atoms with van der Waals surface area (Å²) in [4.78, 5) is 45.9. The van der Waals surface area contributed by atoms with Crippen molar-refractivity contribution in [2.24, 2.45) is 29.6 Å². The number of carbonyl (C=O) groups is 2. The number of halogens is 2. The lowest BCUT2D eigenvalue weighted by molar-refractivity contribution is -0.123. The molecule has 1 saturated heterocycles. The molecule has 1 N–H and O–H groups in total. The Bertz CT molecular complexity index is 1810. The van der Waals surface area contributed by atoms with Crippen LogP contribution in [0.1, 0.15) is 28.3 Å². The molecule has 3 fully saturated rings. The molecule has 0 unspecified atom stereocenters. The first-order valence-corrected chi connectivity index (χ1v) is 16.7. The van der Waals surface area contributed by atoms with E-state index in [1.165, 1.54) is 16.2 Å². The Morgan fingerprint density at radius 1 is 0.952 bits per heavy atom. The van der Waals surface area contributed by atoms with Crippen LogP contribution in [-0.4, -0.2) is 22.0 Å². The zero-order valence-corrected chi connectivity index (χ0v) is 26.0. The van der Waals surface area contributed by atoms with E-state index in [0.29, 0.717) is 17.3 Å². The maximum absolute atomic E-state index is 14.0. The lowest BCUT2D eigenvalue weighted by atomic mass is 9.68. The minimum Gasteiger partial charge on any atom is -0.489 e. The van der Waals surface area contributed by atoms with Crippen LogP contribution in [0.3, 0.4) is 0 Å². The standard InChI is InChI=1S/C32H24BrClN2O4S2/c33-16-9-10-22(40-14-15-5-4-6-17(34)11-15)19(12-16)23-24-20-13-21(27(24)41-29-28(23)42-32(39)35-29)26-25(20)30(37)36(31(26)38)18-7-2-1-3-8-18/h1-12,20-21,23-27H,13-14H2,(H,35,39)/t20-,21-,23+,24+,25+,26+,27-/m1/s1. The molecule has 6 nitrogen and oxygen atoms in total. The van der Waals surface area contributed by atoms with E-state index in [4.69, 9.17) is 16.3 Å². The molecule has 1 aromatic heterocycles. The van der Waals surface area contributed by atoms with Gasteiger partial charge in [-0.3, -0.25) is 19.3 Å². The number of thioether (sulfide) groups is 1. The molecule has 4 aliphatic rings. The second-order valence-corrected chi connectivity index (χ2v) is 15.0. The van der Waals surface area contributed by atoms with Gasteiger partial charge in [-0.25, -0.2) is 0 Å². The third-order valence-corrected chi connectivity index (χ3v) is 12.6. The summed E-state index contributed by atoms with van der Waals surface area (Å²) in [5, 5.41) is 1.63. The average Bonchev–Trinajstić information content (AvgIpc) is 3.71. The molecule has 4 aromatic rings. The molecule has 7 atom stereocenters. The van der Waals surface area contributed by atoms with Crippen molar-refractivity contribution in [3.63, 3.8) is 0 Å². The maximum Gasteiger partial charge on any atom is 0.305 e. The molecular weight excluding hydrogens is 656 g/mol. The zero-order valence-electron chi connectivity index (χ0n) is 22.0. The van der Waals surface area contributed by atoms with Crippen LogP contribution in [0.15, 0.2) is 87.1 Å². The highest BCUT2D eigenvalue weighted by molar-refractivity contribution is 9.10. The Labute approximate surface area is 263 Å². The number of fused-ring (bicyclic) bond motifs is 9. The van der Waals surface area contributed by atoms with Crippen molar-refractivity contribution in [2.45, 2.75) is 29.2 Å². The molecule has 8 rings (SSSR count). The highest BCUT2D eigenvalue weighted by Gasteiger charge is 2.69. The predicted octanol–water partition coefficient (Wildman–Crippen LogP) is 7.11. The number of nitrogens with one attached hydrogen (secondary N) is 1. The molecule has 3 heterocycles. The molecule has 2 bridgehead atoms. The maximum atomic E-state index is 14.0. The van der Waals surface area contributed by atoms with Gasteiger partial charge < -0.3 is 9.72 Å². The monoisotopic (exact) mass is 678 g/mol. The molecule has 10 heteroatoms. The highest BCUT2D eigenvalue weighted by atomic mass is 79.9. The molecule has 2 aliphatic heterocycles. The van der Waals surface area contributed by atoms with Crippen LogP contribution in [-0.2, 0) is 16.2 Å². The number of para-hydroxylation sites is 1. The van der Waals surface area contributed by atoms with Gasteiger partial charge in [-0.05, 0) is 72.2 Å². The fourth-order valence-corrected chi connectivity index (χ4v) is 11.3. The third-order valence-electron chi connectivity index (χ3n) is 9.33. The van der Waals surface area contributed by atoms with Gasteiger partial charge in [-0.2, -0.15) is 0 Å². The van der Waals surface area contributed by atoms with E-state index < -0.39 is 0 Å². The minimum atomic E-state index is -0.354. The number of thiazole rings is 1. The number of nitrogens with zero attached hydrogens (tertiary/aromatic N) is 1. The summed E-state index contributed by atoms with van der Waals surface area (Å²) >= 11 is 12.8. The zero-order chi connectivity index (χ0) is 28.7. The molecule has 3 aromatic carbocycles. The molecule has 2 saturated carbocycles. The molecule has 0 radical (unpaired) electrons. The van der Waals surface area contributed by atoms with Gasteiger partial charge in [0, 0.05) is 31.1 Å². The summed E-state index contributed by atoms with van der Waals surface area (Å²) in [6.45, 7) is 0.344. The second kappa shape index (κ2) is 10.1. The summed E-state index contributed by atoms with van der Waals surface area (Å²) < 4.78 is 7.35. The Morgan fingerprint density at radius 2 is 1.74 bits per heavy atom. The normalized spacial score (nSPS) is 29.0. The van der Waals surface area contributed by atoms with Gasteiger partial charge in [-0.1, -0.05) is 69.2 Å². The summed E-state index contributed by atoms with van der Waals surface area (Å²) in [6, 6.07) is 22.9. The number of anilines is 1. The molecule has 42 heavy (non-hydrogen) atoms. The van der Waals surface area contributed by atoms with E-state index in [2.05, 4.69) is 27.0 Å². The fraction of sp³-hybridized carbons (Fsp3) is 0.281. The number of benzene rings is 3. The first kappa shape index (κ1) is 26.8. The van der Waals surface area contributed by atoms with Gasteiger partial charge in [0.25, 0.3) is 0 Å². The van der Waals surface area contributed by atoms with E-state index in [0.717, 1.165) is 37.7 Å². The van der Waals surface area contributed by atoms with E-state index in [9.17, 15) is 14.4 Å². The number of aromatic amines is 1. The number of carbonyl (C=O) groups excluding carboxylic acids is 2. The van der Waals surface area contributed by atoms with Gasteiger partial charge in [-0.15, -0.1) is 11.8 Å². The van der Waals surface area contributed by atoms with Crippen molar-refractivity contribution in [1.82, 2.24) is 4.98 Å². The number of rotatable bonds is 5. The van der Waals surface area contributed by atoms with Crippen LogP contribution < -0.4 is 14.5 Å². The van der Waals surface area contributed by atoms with Crippen LogP contribution >= 0.6 is 50.6 Å². The number of amides is 2. The van der Waals surface area contributed by atoms with Crippen molar-refractivity contribution in [3.8, 4) is 5.75 Å². The van der Waals surface area contributed by atoms with Crippen molar-refractivity contribution < 1.29 is 14.3 Å². The predicted molar refractivity (Wildman–Crippen MR) is 167 cm³/mol. The van der Waals surface area contributed by atoms with Gasteiger partial charge in [0.2, 0.25) is 11.8 Å². The summed E-state index contributed by atoms with van der Waals surface area (Å²) in [5.74, 6) is -0.110. The minimum absolute atomic E-state index is 0.0257. The number of aromatic nitrogens is 1. The van der Waals surface area contributed by atoms with Crippen molar-refractivity contribution in [2.75, 3.05) is 4.90 Å². The van der Waals surface area contributed by atoms with Crippen molar-refractivity contribution in [1.29, 1.82) is 0 Å². The van der Waals surface area contributed by atoms with Crippen LogP contribution in [0.25, 0.3) is 0 Å². The first-order valence-electron chi connectivity index (χ1n) is 13.9. The lowest BCUT2D eigenvalue weighted by Crippen LogP contribution is -2.42. The Hall–Kier alpha value is -2.85. The van der Waals surface area contributed by atoms with Crippen LogP contribution in [0.2, 0.25) is 5.02 Å². The SMILES string of the molecule is O=C1[C@H]2[C@H]3C[C@@H]([C@@H]2C(=O)N1c1ccccc1)[C@H]1[C@H](c2cc(Br)ccc2OCc2cccc(Cl)c2)c2sc(=O)[nH]c2S[C@H]31. The van der Waals surface area contributed by atoms with Gasteiger partial charge >= 0.3 is 4.87 Å². The first-order chi connectivity index (χ1) is 20.4. The van der Waals surface area contributed by atoms with Gasteiger partial charge in [0.15, 0.2) is 0 Å². The highest BCUT2D eigenvalue weighted by Crippen LogP contribution is 2.69. The third kappa shape index (κ3) is 4.08. The van der Waals surface area contributed by atoms with Crippen molar-refractivity contribution in [3.05, 3.63) is 108 Å². The molecule has 212 valence electrons. The van der Waals surface area contributed by atoms with E-state index >= 15 is 0 Å². The molecule has 2 amide bonds. The van der Waals surface area contributed by atoms with Crippen LogP contribution in [0, 0.1) is 29.6 Å². The number of hydrogen-bond acceptors (Lipinski definition) is 6. The molecular formula is C32H24BrClN2O4S2. The van der Waals surface area contributed by atoms with Gasteiger partial charge in [0.05, 0.1) is 22.5 Å². The summed E-state index contributed by atoms with van der Waals surface area (Å²) in [5.41, 5.74) is 2.58. The Morgan fingerprint density at radius 3 is 2.52 bits per heavy atom. The smallest absolute Gasteiger partial charge is 0.305 e. The largest absolute Gasteiger partial charge is 0.489 e. The fourth-order valence-electron chi connectivity index (χ4n) is 7.88. The Kier molecular flexibility index (Phi) is 6.44. The molecule has 2 aliphatic carbocycles.